The summed E-state index contributed by atoms with van der Waals surface area (Å²) < 4.78 is 0. The standard InChI is InChI=1S/C12H25N/c1-9(2)11-7-8-12(5,6)13(11)10(3)4/h9-11H,7-8H2,1-6H3. The van der Waals surface area contributed by atoms with Gasteiger partial charge in [0.2, 0.25) is 0 Å². The maximum absolute atomic E-state index is 2.71. The molecule has 1 atom stereocenters. The Morgan fingerprint density at radius 3 is 2.00 bits per heavy atom. The Bertz CT molecular complexity index is 170. The molecule has 1 unspecified atom stereocenters. The van der Waals surface area contributed by atoms with E-state index in [1.165, 1.54) is 12.8 Å². The zero-order valence-electron chi connectivity index (χ0n) is 10.1. The molecule has 1 nitrogen and oxygen atoms in total. The zero-order valence-corrected chi connectivity index (χ0v) is 10.1. The lowest BCUT2D eigenvalue weighted by atomic mass is 10.0. The summed E-state index contributed by atoms with van der Waals surface area (Å²) in [7, 11) is 0. The summed E-state index contributed by atoms with van der Waals surface area (Å²) >= 11 is 0. The van der Waals surface area contributed by atoms with Gasteiger partial charge in [0.25, 0.3) is 0 Å². The minimum Gasteiger partial charge on any atom is -0.293 e. The van der Waals surface area contributed by atoms with Crippen LogP contribution in [-0.4, -0.2) is 22.5 Å². The Balaban J connectivity index is 2.80. The molecule has 0 aromatic rings. The molecule has 0 aromatic carbocycles. The van der Waals surface area contributed by atoms with Gasteiger partial charge in [-0.3, -0.25) is 4.90 Å². The predicted octanol–water partition coefficient (Wildman–Crippen LogP) is 3.29. The fourth-order valence-electron chi connectivity index (χ4n) is 2.95. The minimum absolute atomic E-state index is 0.420. The van der Waals surface area contributed by atoms with Gasteiger partial charge in [0.1, 0.15) is 0 Å². The molecule has 1 rings (SSSR count). The first-order chi connectivity index (χ1) is 5.86. The first-order valence-electron chi connectivity index (χ1n) is 5.64. The minimum atomic E-state index is 0.420. The van der Waals surface area contributed by atoms with Crippen molar-refractivity contribution < 1.29 is 0 Å². The highest BCUT2D eigenvalue weighted by Gasteiger charge is 2.41. The largest absolute Gasteiger partial charge is 0.293 e. The number of hydrogen-bond acceptors (Lipinski definition) is 1. The summed E-state index contributed by atoms with van der Waals surface area (Å²) in [5, 5.41) is 0. The summed E-state index contributed by atoms with van der Waals surface area (Å²) in [4.78, 5) is 2.71. The van der Waals surface area contributed by atoms with Gasteiger partial charge in [-0.25, -0.2) is 0 Å². The molecule has 0 aromatic heterocycles. The number of hydrogen-bond donors (Lipinski definition) is 0. The second kappa shape index (κ2) is 3.61. The van der Waals surface area contributed by atoms with E-state index in [-0.39, 0.29) is 0 Å². The Morgan fingerprint density at radius 1 is 1.15 bits per heavy atom. The summed E-state index contributed by atoms with van der Waals surface area (Å²) in [6.07, 6.45) is 2.73. The summed E-state index contributed by atoms with van der Waals surface area (Å²) in [6, 6.07) is 1.49. The predicted molar refractivity (Wildman–Crippen MR) is 58.9 cm³/mol. The second-order valence-corrected chi connectivity index (χ2v) is 5.66. The van der Waals surface area contributed by atoms with E-state index in [1.807, 2.05) is 0 Å². The van der Waals surface area contributed by atoms with Crippen molar-refractivity contribution in [2.24, 2.45) is 5.92 Å². The molecule has 0 spiro atoms. The van der Waals surface area contributed by atoms with Crippen LogP contribution in [0.1, 0.15) is 54.4 Å². The molecule has 1 saturated heterocycles. The molecule has 0 amide bonds. The van der Waals surface area contributed by atoms with Crippen molar-refractivity contribution in [1.82, 2.24) is 4.90 Å². The number of likely N-dealkylation sites (tertiary alicyclic amines) is 1. The van der Waals surface area contributed by atoms with Crippen LogP contribution in [-0.2, 0) is 0 Å². The van der Waals surface area contributed by atoms with Crippen molar-refractivity contribution in [3.63, 3.8) is 0 Å². The van der Waals surface area contributed by atoms with E-state index in [2.05, 4.69) is 46.4 Å². The highest BCUT2D eigenvalue weighted by atomic mass is 15.3. The Kier molecular flexibility index (Phi) is 3.06. The molecule has 13 heavy (non-hydrogen) atoms. The topological polar surface area (TPSA) is 3.24 Å². The molecule has 0 N–H and O–H groups in total. The lowest BCUT2D eigenvalue weighted by molar-refractivity contribution is 0.0702. The molecule has 1 heterocycles. The highest BCUT2D eigenvalue weighted by Crippen LogP contribution is 2.38. The van der Waals surface area contributed by atoms with Crippen LogP contribution in [0.2, 0.25) is 0 Å². The van der Waals surface area contributed by atoms with Crippen LogP contribution in [0, 0.1) is 5.92 Å². The Morgan fingerprint density at radius 2 is 1.69 bits per heavy atom. The van der Waals surface area contributed by atoms with E-state index in [0.717, 1.165) is 12.0 Å². The van der Waals surface area contributed by atoms with Gasteiger partial charge in [-0.15, -0.1) is 0 Å². The van der Waals surface area contributed by atoms with Gasteiger partial charge in [0.15, 0.2) is 0 Å². The van der Waals surface area contributed by atoms with Crippen LogP contribution >= 0.6 is 0 Å². The molecular weight excluding hydrogens is 158 g/mol. The quantitative estimate of drug-likeness (QED) is 0.635. The third-order valence-corrected chi connectivity index (χ3v) is 3.43. The Hall–Kier alpha value is -0.0400. The molecular formula is C12H25N. The van der Waals surface area contributed by atoms with Gasteiger partial charge in [-0.2, -0.15) is 0 Å². The van der Waals surface area contributed by atoms with Gasteiger partial charge in [-0.1, -0.05) is 13.8 Å². The Labute approximate surface area is 83.5 Å². The van der Waals surface area contributed by atoms with E-state index in [1.54, 1.807) is 0 Å². The van der Waals surface area contributed by atoms with Crippen molar-refractivity contribution in [1.29, 1.82) is 0 Å². The van der Waals surface area contributed by atoms with Crippen molar-refractivity contribution in [3.05, 3.63) is 0 Å². The van der Waals surface area contributed by atoms with Gasteiger partial charge in [-0.05, 0) is 46.5 Å². The SMILES string of the molecule is CC(C)C1CCC(C)(C)N1C(C)C. The van der Waals surface area contributed by atoms with E-state index < -0.39 is 0 Å². The smallest absolute Gasteiger partial charge is 0.0159 e. The first kappa shape index (κ1) is 11.0. The third-order valence-electron chi connectivity index (χ3n) is 3.43. The van der Waals surface area contributed by atoms with Crippen LogP contribution in [0.5, 0.6) is 0 Å². The second-order valence-electron chi connectivity index (χ2n) is 5.66. The maximum atomic E-state index is 2.71. The fourth-order valence-corrected chi connectivity index (χ4v) is 2.95. The van der Waals surface area contributed by atoms with Crippen LogP contribution in [0.3, 0.4) is 0 Å². The van der Waals surface area contributed by atoms with E-state index in [9.17, 15) is 0 Å². The van der Waals surface area contributed by atoms with E-state index in [0.29, 0.717) is 11.6 Å². The van der Waals surface area contributed by atoms with Crippen molar-refractivity contribution >= 4 is 0 Å². The van der Waals surface area contributed by atoms with Crippen LogP contribution in [0.25, 0.3) is 0 Å². The summed E-state index contributed by atoms with van der Waals surface area (Å²) in [5.74, 6) is 0.796. The third kappa shape index (κ3) is 2.07. The average molecular weight is 183 g/mol. The molecule has 0 bridgehead atoms. The molecule has 0 radical (unpaired) electrons. The zero-order chi connectivity index (χ0) is 10.2. The van der Waals surface area contributed by atoms with Crippen molar-refractivity contribution in [2.45, 2.75) is 72.0 Å². The lowest BCUT2D eigenvalue weighted by Gasteiger charge is -2.40. The van der Waals surface area contributed by atoms with E-state index >= 15 is 0 Å². The van der Waals surface area contributed by atoms with Crippen LogP contribution in [0.15, 0.2) is 0 Å². The van der Waals surface area contributed by atoms with E-state index in [4.69, 9.17) is 0 Å². The van der Waals surface area contributed by atoms with Crippen molar-refractivity contribution in [3.8, 4) is 0 Å². The van der Waals surface area contributed by atoms with Crippen LogP contribution in [0.4, 0.5) is 0 Å². The average Bonchev–Trinajstić information content (AvgIpc) is 2.24. The number of rotatable bonds is 2. The monoisotopic (exact) mass is 183 g/mol. The lowest BCUT2D eigenvalue weighted by Crippen LogP contribution is -2.48. The molecule has 0 aliphatic carbocycles. The fraction of sp³-hybridized carbons (Fsp3) is 1.00. The molecule has 1 fully saturated rings. The number of nitrogens with zero attached hydrogens (tertiary/aromatic N) is 1. The molecule has 1 aliphatic heterocycles. The maximum Gasteiger partial charge on any atom is 0.0159 e. The van der Waals surface area contributed by atoms with Gasteiger partial charge in [0, 0.05) is 17.6 Å². The van der Waals surface area contributed by atoms with Gasteiger partial charge in [0.05, 0.1) is 0 Å². The summed E-state index contributed by atoms with van der Waals surface area (Å²) in [6.45, 7) is 14.1. The first-order valence-corrected chi connectivity index (χ1v) is 5.64. The van der Waals surface area contributed by atoms with Crippen molar-refractivity contribution in [2.75, 3.05) is 0 Å². The molecule has 1 heteroatoms. The van der Waals surface area contributed by atoms with Crippen LogP contribution < -0.4 is 0 Å². The van der Waals surface area contributed by atoms with Gasteiger partial charge >= 0.3 is 0 Å². The molecule has 78 valence electrons. The highest BCUT2D eigenvalue weighted by molar-refractivity contribution is 4.97. The molecule has 0 saturated carbocycles. The summed E-state index contributed by atoms with van der Waals surface area (Å²) in [5.41, 5.74) is 0.420. The molecule has 1 aliphatic rings. The normalized spacial score (nSPS) is 29.1. The van der Waals surface area contributed by atoms with Gasteiger partial charge < -0.3 is 0 Å².